The Morgan fingerprint density at radius 2 is 1.63 bits per heavy atom. The molecule has 2 fully saturated rings. The molecule has 2 N–H and O–H groups in total. The first-order valence-electron chi connectivity index (χ1n) is 11.7. The molecule has 0 unspecified atom stereocenters. The van der Waals surface area contributed by atoms with Gasteiger partial charge < -0.3 is 20.1 Å². The molecule has 0 radical (unpaired) electrons. The molecule has 0 spiro atoms. The van der Waals surface area contributed by atoms with Crippen molar-refractivity contribution in [1.29, 1.82) is 0 Å². The molecule has 5 rings (SSSR count). The Morgan fingerprint density at radius 3 is 2.17 bits per heavy atom. The van der Waals surface area contributed by atoms with Gasteiger partial charge in [-0.2, -0.15) is 0 Å². The van der Waals surface area contributed by atoms with Crippen LogP contribution in [0, 0.1) is 17.3 Å². The summed E-state index contributed by atoms with van der Waals surface area (Å²) in [5.74, 6) is -8.08. The van der Waals surface area contributed by atoms with Gasteiger partial charge in [-0.25, -0.2) is 13.6 Å². The summed E-state index contributed by atoms with van der Waals surface area (Å²) in [6.45, 7) is 1.22. The normalized spacial score (nSPS) is 23.0. The summed E-state index contributed by atoms with van der Waals surface area (Å²) < 4.78 is 34.0. The minimum absolute atomic E-state index is 0.0609. The van der Waals surface area contributed by atoms with Crippen LogP contribution in [0.3, 0.4) is 0 Å². The molecule has 35 heavy (non-hydrogen) atoms. The third-order valence-electron chi connectivity index (χ3n) is 7.71. The maximum Gasteiger partial charge on any atom is 0.407 e. The zero-order valence-electron chi connectivity index (χ0n) is 19.2. The van der Waals surface area contributed by atoms with Crippen molar-refractivity contribution in [2.75, 3.05) is 26.2 Å². The molecule has 184 valence electrons. The predicted molar refractivity (Wildman–Crippen MR) is 122 cm³/mol. The van der Waals surface area contributed by atoms with Crippen molar-refractivity contribution in [3.8, 4) is 11.1 Å². The monoisotopic (exact) mass is 484 g/mol. The van der Waals surface area contributed by atoms with Crippen molar-refractivity contribution in [2.24, 2.45) is 17.3 Å². The van der Waals surface area contributed by atoms with E-state index in [2.05, 4.69) is 5.32 Å². The van der Waals surface area contributed by atoms with Gasteiger partial charge >= 0.3 is 12.1 Å². The van der Waals surface area contributed by atoms with Crippen molar-refractivity contribution in [3.63, 3.8) is 0 Å². The third-order valence-corrected chi connectivity index (χ3v) is 7.71. The Morgan fingerprint density at radius 1 is 1.06 bits per heavy atom. The lowest BCUT2D eigenvalue weighted by Crippen LogP contribution is -2.62. The molecule has 0 bridgehead atoms. The van der Waals surface area contributed by atoms with Crippen molar-refractivity contribution in [1.82, 2.24) is 10.2 Å². The van der Waals surface area contributed by atoms with E-state index in [1.54, 1.807) is 6.92 Å². The van der Waals surface area contributed by atoms with E-state index in [0.717, 1.165) is 22.3 Å². The second kappa shape index (κ2) is 8.32. The molecule has 2 aliphatic carbocycles. The van der Waals surface area contributed by atoms with Crippen LogP contribution >= 0.6 is 0 Å². The number of aliphatic carboxylic acids is 1. The number of carboxylic acids is 1. The van der Waals surface area contributed by atoms with Gasteiger partial charge in [0.05, 0.1) is 5.92 Å². The minimum Gasteiger partial charge on any atom is -0.481 e. The zero-order valence-corrected chi connectivity index (χ0v) is 19.2. The number of carboxylic acid groups (broad SMARTS) is 1. The second-order valence-corrected chi connectivity index (χ2v) is 9.60. The number of amides is 2. The highest BCUT2D eigenvalue weighted by molar-refractivity contribution is 5.88. The molecule has 9 heteroatoms. The minimum atomic E-state index is -3.25. The van der Waals surface area contributed by atoms with Gasteiger partial charge in [-0.1, -0.05) is 55.5 Å². The first-order chi connectivity index (χ1) is 16.7. The van der Waals surface area contributed by atoms with E-state index in [4.69, 9.17) is 4.74 Å². The molecular formula is C26H26F2N2O5. The van der Waals surface area contributed by atoms with Crippen molar-refractivity contribution >= 4 is 18.0 Å². The summed E-state index contributed by atoms with van der Waals surface area (Å²) in [4.78, 5) is 37.4. The highest BCUT2D eigenvalue weighted by Gasteiger charge is 2.73. The number of halogens is 2. The van der Waals surface area contributed by atoms with E-state index in [-0.39, 0.29) is 25.6 Å². The number of hydrogen-bond acceptors (Lipinski definition) is 4. The Bertz CT molecular complexity index is 1150. The smallest absolute Gasteiger partial charge is 0.407 e. The molecule has 2 aromatic carbocycles. The highest BCUT2D eigenvalue weighted by atomic mass is 19.3. The number of rotatable bonds is 7. The number of ether oxygens (including phenoxy) is 1. The van der Waals surface area contributed by atoms with Gasteiger partial charge in [0.2, 0.25) is 5.91 Å². The molecular weight excluding hydrogens is 458 g/mol. The SMILES string of the molecule is CCC1(C(=O)O)CN(C(=O)[C@@H]2[C@H](CNC(=O)OCC3c4ccccc4-c4ccccc43)C2(F)F)C1. The van der Waals surface area contributed by atoms with Crippen molar-refractivity contribution in [2.45, 2.75) is 25.2 Å². The van der Waals surface area contributed by atoms with Gasteiger partial charge in [0.25, 0.3) is 5.92 Å². The topological polar surface area (TPSA) is 95.9 Å². The number of alkyl halides is 2. The number of alkyl carbamates (subject to hydrolysis) is 1. The molecule has 0 aromatic heterocycles. The van der Waals surface area contributed by atoms with Gasteiger partial charge in [0.1, 0.15) is 17.9 Å². The molecule has 2 amide bonds. The summed E-state index contributed by atoms with van der Waals surface area (Å²) in [7, 11) is 0. The standard InChI is InChI=1S/C26H26F2N2O5/c1-2-25(23(32)33)13-30(14-25)22(31)21-20(26(21,27)28)11-29-24(34)35-12-19-17-9-5-3-7-15(17)16-8-4-6-10-18(16)19/h3-10,19-21H,2,11-14H2,1H3,(H,29,34)(H,32,33)/t20-,21-/m0/s1. The number of fused-ring (bicyclic) bond motifs is 3. The number of benzene rings is 2. The average molecular weight is 484 g/mol. The molecule has 2 atom stereocenters. The number of carbonyl (C=O) groups excluding carboxylic acids is 2. The largest absolute Gasteiger partial charge is 0.481 e. The molecule has 7 nitrogen and oxygen atoms in total. The molecule has 3 aliphatic rings. The van der Waals surface area contributed by atoms with Gasteiger partial charge in [0.15, 0.2) is 0 Å². The fourth-order valence-electron chi connectivity index (χ4n) is 5.37. The van der Waals surface area contributed by atoms with Gasteiger partial charge in [-0.3, -0.25) is 9.59 Å². The van der Waals surface area contributed by atoms with Crippen LogP contribution in [0.2, 0.25) is 0 Å². The van der Waals surface area contributed by atoms with Crippen LogP contribution < -0.4 is 5.32 Å². The van der Waals surface area contributed by atoms with E-state index in [0.29, 0.717) is 6.42 Å². The van der Waals surface area contributed by atoms with Crippen LogP contribution in [-0.4, -0.2) is 60.1 Å². The molecule has 1 heterocycles. The summed E-state index contributed by atoms with van der Waals surface area (Å²) in [6, 6.07) is 15.7. The quantitative estimate of drug-likeness (QED) is 0.625. The Hall–Kier alpha value is -3.49. The van der Waals surface area contributed by atoms with E-state index < -0.39 is 47.7 Å². The lowest BCUT2D eigenvalue weighted by molar-refractivity contribution is -0.167. The highest BCUT2D eigenvalue weighted by Crippen LogP contribution is 2.56. The van der Waals surface area contributed by atoms with Crippen LogP contribution in [0.15, 0.2) is 48.5 Å². The Balaban J connectivity index is 1.15. The fourth-order valence-corrected chi connectivity index (χ4v) is 5.37. The first-order valence-corrected chi connectivity index (χ1v) is 11.7. The van der Waals surface area contributed by atoms with E-state index in [1.807, 2.05) is 48.5 Å². The number of likely N-dealkylation sites (tertiary alicyclic amines) is 1. The van der Waals surface area contributed by atoms with Gasteiger partial charge in [-0.15, -0.1) is 0 Å². The maximum absolute atomic E-state index is 14.3. The van der Waals surface area contributed by atoms with Crippen molar-refractivity contribution in [3.05, 3.63) is 59.7 Å². The summed E-state index contributed by atoms with van der Waals surface area (Å²) >= 11 is 0. The lowest BCUT2D eigenvalue weighted by Gasteiger charge is -2.46. The van der Waals surface area contributed by atoms with Crippen LogP contribution in [0.1, 0.15) is 30.4 Å². The predicted octanol–water partition coefficient (Wildman–Crippen LogP) is 3.73. The second-order valence-electron chi connectivity index (χ2n) is 9.60. The van der Waals surface area contributed by atoms with Crippen LogP contribution in [0.5, 0.6) is 0 Å². The van der Waals surface area contributed by atoms with E-state index >= 15 is 0 Å². The molecule has 1 saturated carbocycles. The number of nitrogens with zero attached hydrogens (tertiary/aromatic N) is 1. The average Bonchev–Trinajstić information content (AvgIpc) is 3.22. The number of carbonyl (C=O) groups is 3. The van der Waals surface area contributed by atoms with Gasteiger partial charge in [-0.05, 0) is 28.7 Å². The third kappa shape index (κ3) is 3.73. The van der Waals surface area contributed by atoms with Crippen LogP contribution in [-0.2, 0) is 14.3 Å². The summed E-state index contributed by atoms with van der Waals surface area (Å²) in [5.41, 5.74) is 3.18. The summed E-state index contributed by atoms with van der Waals surface area (Å²) in [6.07, 6.45) is -0.500. The first kappa shape index (κ1) is 23.3. The maximum atomic E-state index is 14.3. The zero-order chi connectivity index (χ0) is 25.0. The number of hydrogen-bond donors (Lipinski definition) is 2. The van der Waals surface area contributed by atoms with Crippen LogP contribution in [0.4, 0.5) is 13.6 Å². The molecule has 1 aliphatic heterocycles. The molecule has 1 saturated heterocycles. The fraction of sp³-hybridized carbons (Fsp3) is 0.423. The van der Waals surface area contributed by atoms with E-state index in [1.165, 1.54) is 4.90 Å². The van der Waals surface area contributed by atoms with E-state index in [9.17, 15) is 28.3 Å². The Kier molecular flexibility index (Phi) is 5.53. The van der Waals surface area contributed by atoms with Crippen LogP contribution in [0.25, 0.3) is 11.1 Å². The number of nitrogens with one attached hydrogen (secondary N) is 1. The van der Waals surface area contributed by atoms with Gasteiger partial charge in [0, 0.05) is 25.6 Å². The summed E-state index contributed by atoms with van der Waals surface area (Å²) in [5, 5.41) is 11.7. The van der Waals surface area contributed by atoms with Crippen molar-refractivity contribution < 1.29 is 33.0 Å². The lowest BCUT2D eigenvalue weighted by atomic mass is 9.77. The molecule has 2 aromatic rings. The Labute approximate surface area is 201 Å².